The van der Waals surface area contributed by atoms with Crippen molar-refractivity contribution in [3.8, 4) is 5.75 Å². The van der Waals surface area contributed by atoms with Crippen LogP contribution in [0.4, 0.5) is 0 Å². The second-order valence-electron chi connectivity index (χ2n) is 7.94. The van der Waals surface area contributed by atoms with Crippen LogP contribution in [0.3, 0.4) is 0 Å². The summed E-state index contributed by atoms with van der Waals surface area (Å²) in [6.07, 6.45) is 1.42. The van der Waals surface area contributed by atoms with Crippen molar-refractivity contribution in [2.75, 3.05) is 13.1 Å². The van der Waals surface area contributed by atoms with Gasteiger partial charge in [0.1, 0.15) is 11.9 Å². The monoisotopic (exact) mass is 275 g/mol. The van der Waals surface area contributed by atoms with Crippen LogP contribution in [0.2, 0.25) is 0 Å². The molecule has 2 rings (SSSR count). The zero-order valence-electron chi connectivity index (χ0n) is 13.8. The molecule has 0 unspecified atom stereocenters. The van der Waals surface area contributed by atoms with E-state index in [2.05, 4.69) is 65.1 Å². The first-order valence-corrected chi connectivity index (χ1v) is 7.70. The van der Waals surface area contributed by atoms with Crippen molar-refractivity contribution in [2.45, 2.75) is 64.9 Å². The first-order valence-electron chi connectivity index (χ1n) is 7.70. The molecule has 0 amide bonds. The maximum atomic E-state index is 6.24. The Morgan fingerprint density at radius 2 is 1.75 bits per heavy atom. The van der Waals surface area contributed by atoms with Crippen molar-refractivity contribution in [3.05, 3.63) is 29.3 Å². The molecule has 1 fully saturated rings. The van der Waals surface area contributed by atoms with E-state index >= 15 is 0 Å². The number of nitrogens with one attached hydrogen (secondary N) is 1. The molecule has 1 heterocycles. The molecule has 2 heteroatoms. The van der Waals surface area contributed by atoms with Gasteiger partial charge in [0.15, 0.2) is 0 Å². The third-order valence-electron chi connectivity index (χ3n) is 3.96. The molecule has 1 N–H and O–H groups in total. The Morgan fingerprint density at radius 1 is 1.05 bits per heavy atom. The predicted octanol–water partition coefficient (Wildman–Crippen LogP) is 4.02. The average Bonchev–Trinajstić information content (AvgIpc) is 2.79. The lowest BCUT2D eigenvalue weighted by atomic mass is 9.80. The van der Waals surface area contributed by atoms with Gasteiger partial charge in [-0.1, -0.05) is 53.7 Å². The zero-order valence-corrected chi connectivity index (χ0v) is 13.8. The fraction of sp³-hybridized carbons (Fsp3) is 0.667. The number of hydrogen-bond acceptors (Lipinski definition) is 2. The van der Waals surface area contributed by atoms with E-state index in [0.29, 0.717) is 6.10 Å². The van der Waals surface area contributed by atoms with Crippen molar-refractivity contribution in [1.82, 2.24) is 5.32 Å². The van der Waals surface area contributed by atoms with Crippen molar-refractivity contribution < 1.29 is 4.74 Å². The minimum absolute atomic E-state index is 0.0998. The molecule has 20 heavy (non-hydrogen) atoms. The smallest absolute Gasteiger partial charge is 0.123 e. The Hall–Kier alpha value is -1.02. The summed E-state index contributed by atoms with van der Waals surface area (Å²) in [7, 11) is 0. The third-order valence-corrected chi connectivity index (χ3v) is 3.96. The normalized spacial score (nSPS) is 20.2. The summed E-state index contributed by atoms with van der Waals surface area (Å²) < 4.78 is 6.24. The summed E-state index contributed by atoms with van der Waals surface area (Å²) in [6, 6.07) is 6.71. The fourth-order valence-electron chi connectivity index (χ4n) is 2.59. The molecule has 1 aromatic carbocycles. The molecule has 0 radical (unpaired) electrons. The van der Waals surface area contributed by atoms with E-state index in [1.165, 1.54) is 11.1 Å². The van der Waals surface area contributed by atoms with E-state index < -0.39 is 0 Å². The Bertz CT molecular complexity index is 459. The Labute approximate surface area is 123 Å². The highest BCUT2D eigenvalue weighted by atomic mass is 16.5. The van der Waals surface area contributed by atoms with E-state index in [0.717, 1.165) is 25.3 Å². The van der Waals surface area contributed by atoms with Crippen molar-refractivity contribution in [2.24, 2.45) is 0 Å². The quantitative estimate of drug-likeness (QED) is 0.880. The second kappa shape index (κ2) is 5.40. The van der Waals surface area contributed by atoms with Crippen LogP contribution in [0.15, 0.2) is 18.2 Å². The molecule has 0 aromatic heterocycles. The Kier molecular flexibility index (Phi) is 4.15. The van der Waals surface area contributed by atoms with Crippen molar-refractivity contribution >= 4 is 0 Å². The van der Waals surface area contributed by atoms with E-state index in [-0.39, 0.29) is 10.8 Å². The number of rotatable bonds is 2. The lowest BCUT2D eigenvalue weighted by Crippen LogP contribution is -2.23. The van der Waals surface area contributed by atoms with Crippen LogP contribution < -0.4 is 10.1 Å². The van der Waals surface area contributed by atoms with Crippen molar-refractivity contribution in [1.29, 1.82) is 0 Å². The molecule has 1 aliphatic heterocycles. The number of hydrogen-bond donors (Lipinski definition) is 1. The van der Waals surface area contributed by atoms with Crippen LogP contribution in [0.1, 0.15) is 59.1 Å². The van der Waals surface area contributed by atoms with Gasteiger partial charge in [-0.05, 0) is 41.0 Å². The van der Waals surface area contributed by atoms with Crippen LogP contribution in [0, 0.1) is 0 Å². The average molecular weight is 275 g/mol. The maximum absolute atomic E-state index is 6.24. The van der Waals surface area contributed by atoms with Crippen molar-refractivity contribution in [3.63, 3.8) is 0 Å². The Balaban J connectivity index is 2.35. The first kappa shape index (κ1) is 15.4. The van der Waals surface area contributed by atoms with Gasteiger partial charge in [-0.25, -0.2) is 0 Å². The van der Waals surface area contributed by atoms with Gasteiger partial charge >= 0.3 is 0 Å². The molecule has 1 saturated heterocycles. The van der Waals surface area contributed by atoms with Gasteiger partial charge in [-0.3, -0.25) is 0 Å². The highest BCUT2D eigenvalue weighted by molar-refractivity contribution is 5.43. The largest absolute Gasteiger partial charge is 0.489 e. The van der Waals surface area contributed by atoms with E-state index in [1.54, 1.807) is 0 Å². The Morgan fingerprint density at radius 3 is 2.25 bits per heavy atom. The molecule has 0 aliphatic carbocycles. The minimum Gasteiger partial charge on any atom is -0.489 e. The first-order chi connectivity index (χ1) is 9.18. The van der Waals surface area contributed by atoms with Crippen LogP contribution >= 0.6 is 0 Å². The third kappa shape index (κ3) is 3.54. The molecular formula is C18H29NO. The molecule has 0 saturated carbocycles. The summed E-state index contributed by atoms with van der Waals surface area (Å²) in [5.74, 6) is 1.05. The second-order valence-corrected chi connectivity index (χ2v) is 7.94. The molecule has 0 spiro atoms. The van der Waals surface area contributed by atoms with Gasteiger partial charge in [0.05, 0.1) is 0 Å². The van der Waals surface area contributed by atoms with Gasteiger partial charge < -0.3 is 10.1 Å². The summed E-state index contributed by atoms with van der Waals surface area (Å²) >= 11 is 0. The lowest BCUT2D eigenvalue weighted by molar-refractivity contribution is 0.218. The van der Waals surface area contributed by atoms with E-state index in [1.807, 2.05) is 0 Å². The molecular weight excluding hydrogens is 246 g/mol. The fourth-order valence-corrected chi connectivity index (χ4v) is 2.59. The summed E-state index contributed by atoms with van der Waals surface area (Å²) in [5.41, 5.74) is 2.96. The van der Waals surface area contributed by atoms with Gasteiger partial charge in [-0.15, -0.1) is 0 Å². The zero-order chi connectivity index (χ0) is 15.0. The molecule has 0 bridgehead atoms. The molecule has 1 aliphatic rings. The van der Waals surface area contributed by atoms with Gasteiger partial charge in [0.25, 0.3) is 0 Å². The lowest BCUT2D eigenvalue weighted by Gasteiger charge is -2.28. The SMILES string of the molecule is CC(C)(C)c1ccc(O[C@H]2CCNC2)c(C(C)(C)C)c1. The highest BCUT2D eigenvalue weighted by Gasteiger charge is 2.25. The molecule has 1 atom stereocenters. The summed E-state index contributed by atoms with van der Waals surface area (Å²) in [6.45, 7) is 15.6. The van der Waals surface area contributed by atoms with Crippen LogP contribution in [0.25, 0.3) is 0 Å². The van der Waals surface area contributed by atoms with E-state index in [4.69, 9.17) is 4.74 Å². The molecule has 112 valence electrons. The van der Waals surface area contributed by atoms with Crippen LogP contribution in [-0.2, 0) is 10.8 Å². The number of benzene rings is 1. The number of ether oxygens (including phenoxy) is 1. The summed E-state index contributed by atoms with van der Waals surface area (Å²) in [5, 5.41) is 3.36. The van der Waals surface area contributed by atoms with Crippen LogP contribution in [-0.4, -0.2) is 19.2 Å². The maximum Gasteiger partial charge on any atom is 0.123 e. The van der Waals surface area contributed by atoms with Crippen LogP contribution in [0.5, 0.6) is 5.75 Å². The minimum atomic E-state index is 0.0998. The predicted molar refractivity (Wildman–Crippen MR) is 85.7 cm³/mol. The van der Waals surface area contributed by atoms with Gasteiger partial charge in [0.2, 0.25) is 0 Å². The van der Waals surface area contributed by atoms with Gasteiger partial charge in [-0.2, -0.15) is 0 Å². The highest BCUT2D eigenvalue weighted by Crippen LogP contribution is 2.36. The standard InChI is InChI=1S/C18H29NO/c1-17(2,3)13-7-8-16(15(11-13)18(4,5)6)20-14-9-10-19-12-14/h7-8,11,14,19H,9-10,12H2,1-6H3/t14-/m0/s1. The molecule has 2 nitrogen and oxygen atoms in total. The van der Waals surface area contributed by atoms with E-state index in [9.17, 15) is 0 Å². The van der Waals surface area contributed by atoms with Gasteiger partial charge in [0, 0.05) is 6.54 Å². The summed E-state index contributed by atoms with van der Waals surface area (Å²) in [4.78, 5) is 0. The molecule has 1 aromatic rings. The topological polar surface area (TPSA) is 21.3 Å².